The van der Waals surface area contributed by atoms with E-state index in [0.717, 1.165) is 38.4 Å². The van der Waals surface area contributed by atoms with Crippen LogP contribution in [0, 0.1) is 11.8 Å². The molecule has 0 spiro atoms. The summed E-state index contributed by atoms with van der Waals surface area (Å²) in [6, 6.07) is 8.88. The first-order chi connectivity index (χ1) is 9.65. The molecule has 0 saturated heterocycles. The van der Waals surface area contributed by atoms with Crippen LogP contribution in [0.3, 0.4) is 0 Å². The molecule has 3 heteroatoms. The third kappa shape index (κ3) is 4.80. The van der Waals surface area contributed by atoms with Gasteiger partial charge in [-0.25, -0.2) is 0 Å². The normalized spacial score (nSPS) is 19.5. The molecule has 2 N–H and O–H groups in total. The molecule has 1 aromatic rings. The van der Waals surface area contributed by atoms with Gasteiger partial charge in [-0.05, 0) is 37.4 Å². The number of para-hydroxylation sites is 1. The molecule has 1 aromatic carbocycles. The fourth-order valence-electron chi connectivity index (χ4n) is 2.55. The van der Waals surface area contributed by atoms with Crippen molar-refractivity contribution in [3.05, 3.63) is 29.8 Å². The molecule has 0 saturated carbocycles. The molecule has 3 nitrogen and oxygen atoms in total. The van der Waals surface area contributed by atoms with Crippen LogP contribution in [-0.4, -0.2) is 32.3 Å². The van der Waals surface area contributed by atoms with Crippen molar-refractivity contribution in [2.45, 2.75) is 33.2 Å². The molecular weight excluding hydrogens is 248 g/mol. The van der Waals surface area contributed by atoms with Gasteiger partial charge in [-0.1, -0.05) is 32.0 Å². The van der Waals surface area contributed by atoms with Gasteiger partial charge >= 0.3 is 0 Å². The van der Waals surface area contributed by atoms with Crippen LogP contribution in [-0.2, 0) is 6.42 Å². The summed E-state index contributed by atoms with van der Waals surface area (Å²) in [4.78, 5) is 0. The van der Waals surface area contributed by atoms with E-state index in [1.165, 1.54) is 5.56 Å². The molecular formula is C17H28N2O. The van der Waals surface area contributed by atoms with Crippen molar-refractivity contribution < 1.29 is 4.74 Å². The maximum absolute atomic E-state index is 5.83. The van der Waals surface area contributed by atoms with Gasteiger partial charge in [0.25, 0.3) is 0 Å². The quantitative estimate of drug-likeness (QED) is 0.802. The number of hydrogen-bond acceptors (Lipinski definition) is 3. The highest BCUT2D eigenvalue weighted by molar-refractivity contribution is 5.35. The van der Waals surface area contributed by atoms with Gasteiger partial charge in [0, 0.05) is 25.0 Å². The Kier molecular flexibility index (Phi) is 5.86. The molecule has 2 rings (SSSR count). The Morgan fingerprint density at radius 2 is 2.00 bits per heavy atom. The average molecular weight is 276 g/mol. The Bertz CT molecular complexity index is 406. The van der Waals surface area contributed by atoms with E-state index in [1.807, 2.05) is 6.07 Å². The van der Waals surface area contributed by atoms with Crippen LogP contribution in [0.5, 0.6) is 5.75 Å². The van der Waals surface area contributed by atoms with Crippen molar-refractivity contribution in [3.8, 4) is 5.75 Å². The summed E-state index contributed by atoms with van der Waals surface area (Å²) >= 11 is 0. The molecule has 0 bridgehead atoms. The van der Waals surface area contributed by atoms with Gasteiger partial charge in [-0.2, -0.15) is 0 Å². The van der Waals surface area contributed by atoms with Crippen molar-refractivity contribution in [1.29, 1.82) is 0 Å². The third-order valence-corrected chi connectivity index (χ3v) is 3.71. The van der Waals surface area contributed by atoms with E-state index in [4.69, 9.17) is 4.74 Å². The first-order valence-corrected chi connectivity index (χ1v) is 7.80. The Morgan fingerprint density at radius 1 is 1.20 bits per heavy atom. The Balaban J connectivity index is 1.68. The molecule has 20 heavy (non-hydrogen) atoms. The summed E-state index contributed by atoms with van der Waals surface area (Å²) in [6.45, 7) is 10.7. The first kappa shape index (κ1) is 15.3. The topological polar surface area (TPSA) is 33.3 Å². The van der Waals surface area contributed by atoms with Crippen LogP contribution in [0.2, 0.25) is 0 Å². The van der Waals surface area contributed by atoms with Crippen LogP contribution in [0.25, 0.3) is 0 Å². The van der Waals surface area contributed by atoms with E-state index in [0.29, 0.717) is 17.9 Å². The minimum atomic E-state index is 0.505. The largest absolute Gasteiger partial charge is 0.493 e. The van der Waals surface area contributed by atoms with Crippen molar-refractivity contribution >= 4 is 0 Å². The smallest absolute Gasteiger partial charge is 0.122 e. The second-order valence-electron chi connectivity index (χ2n) is 6.35. The van der Waals surface area contributed by atoms with Gasteiger partial charge in [0.2, 0.25) is 0 Å². The maximum atomic E-state index is 5.83. The monoisotopic (exact) mass is 276 g/mol. The summed E-state index contributed by atoms with van der Waals surface area (Å²) in [6.07, 6.45) is 1.12. The van der Waals surface area contributed by atoms with Gasteiger partial charge in [0.15, 0.2) is 0 Å². The minimum Gasteiger partial charge on any atom is -0.493 e. The molecule has 1 aliphatic rings. The number of rotatable bonds is 7. The predicted octanol–water partition coefficient (Wildman–Crippen LogP) is 2.46. The lowest BCUT2D eigenvalue weighted by molar-refractivity contribution is 0.214. The van der Waals surface area contributed by atoms with E-state index >= 15 is 0 Å². The fraction of sp³-hybridized carbons (Fsp3) is 0.647. The zero-order valence-corrected chi connectivity index (χ0v) is 13.0. The van der Waals surface area contributed by atoms with E-state index in [-0.39, 0.29) is 0 Å². The SMILES string of the molecule is CC(C)CNCC(C)NCC1COc2ccccc2C1. The standard InChI is InChI=1S/C17H28N2O/c1-13(2)9-18-10-14(3)19-11-15-8-16-6-4-5-7-17(16)20-12-15/h4-7,13-15,18-19H,8-12H2,1-3H3. The summed E-state index contributed by atoms with van der Waals surface area (Å²) in [5, 5.41) is 7.11. The van der Waals surface area contributed by atoms with Crippen molar-refractivity contribution in [3.63, 3.8) is 0 Å². The highest BCUT2D eigenvalue weighted by atomic mass is 16.5. The number of ether oxygens (including phenoxy) is 1. The van der Waals surface area contributed by atoms with Crippen LogP contribution < -0.4 is 15.4 Å². The van der Waals surface area contributed by atoms with Crippen LogP contribution >= 0.6 is 0 Å². The van der Waals surface area contributed by atoms with Crippen molar-refractivity contribution in [1.82, 2.24) is 10.6 Å². The number of hydrogen-bond donors (Lipinski definition) is 2. The maximum Gasteiger partial charge on any atom is 0.122 e. The Hall–Kier alpha value is -1.06. The van der Waals surface area contributed by atoms with Crippen molar-refractivity contribution in [2.24, 2.45) is 11.8 Å². The zero-order valence-electron chi connectivity index (χ0n) is 13.0. The van der Waals surface area contributed by atoms with Gasteiger partial charge in [-0.15, -0.1) is 0 Å². The molecule has 0 aromatic heterocycles. The van der Waals surface area contributed by atoms with Gasteiger partial charge < -0.3 is 15.4 Å². The lowest BCUT2D eigenvalue weighted by atomic mass is 9.96. The molecule has 0 amide bonds. The van der Waals surface area contributed by atoms with E-state index in [1.54, 1.807) is 0 Å². The number of fused-ring (bicyclic) bond motifs is 1. The van der Waals surface area contributed by atoms with Crippen LogP contribution in [0.1, 0.15) is 26.3 Å². The lowest BCUT2D eigenvalue weighted by Crippen LogP contribution is -2.41. The molecule has 0 fully saturated rings. The Labute approximate surface area is 123 Å². The molecule has 0 aliphatic carbocycles. The lowest BCUT2D eigenvalue weighted by Gasteiger charge is -2.27. The first-order valence-electron chi connectivity index (χ1n) is 7.80. The number of benzene rings is 1. The molecule has 1 heterocycles. The molecule has 0 radical (unpaired) electrons. The van der Waals surface area contributed by atoms with Gasteiger partial charge in [0.1, 0.15) is 5.75 Å². The van der Waals surface area contributed by atoms with E-state index in [2.05, 4.69) is 49.6 Å². The molecule has 112 valence electrons. The predicted molar refractivity (Wildman–Crippen MR) is 84.3 cm³/mol. The van der Waals surface area contributed by atoms with Crippen LogP contribution in [0.4, 0.5) is 0 Å². The summed E-state index contributed by atoms with van der Waals surface area (Å²) in [5.74, 6) is 2.36. The summed E-state index contributed by atoms with van der Waals surface area (Å²) in [5.41, 5.74) is 1.34. The summed E-state index contributed by atoms with van der Waals surface area (Å²) < 4.78 is 5.83. The highest BCUT2D eigenvalue weighted by Crippen LogP contribution is 2.26. The van der Waals surface area contributed by atoms with Gasteiger partial charge in [-0.3, -0.25) is 0 Å². The third-order valence-electron chi connectivity index (χ3n) is 3.71. The van der Waals surface area contributed by atoms with Crippen molar-refractivity contribution in [2.75, 3.05) is 26.2 Å². The second-order valence-corrected chi connectivity index (χ2v) is 6.35. The summed E-state index contributed by atoms with van der Waals surface area (Å²) in [7, 11) is 0. The fourth-order valence-corrected chi connectivity index (χ4v) is 2.55. The minimum absolute atomic E-state index is 0.505. The van der Waals surface area contributed by atoms with Gasteiger partial charge in [0.05, 0.1) is 6.61 Å². The number of nitrogens with one attached hydrogen (secondary N) is 2. The molecule has 1 aliphatic heterocycles. The van der Waals surface area contributed by atoms with Crippen LogP contribution in [0.15, 0.2) is 24.3 Å². The van der Waals surface area contributed by atoms with E-state index < -0.39 is 0 Å². The van der Waals surface area contributed by atoms with E-state index in [9.17, 15) is 0 Å². The molecule has 2 atom stereocenters. The zero-order chi connectivity index (χ0) is 14.4. The second kappa shape index (κ2) is 7.65. The average Bonchev–Trinajstić information content (AvgIpc) is 2.44. The molecule has 2 unspecified atom stereocenters. The Morgan fingerprint density at radius 3 is 2.80 bits per heavy atom. The highest BCUT2D eigenvalue weighted by Gasteiger charge is 2.19.